The van der Waals surface area contributed by atoms with E-state index in [2.05, 4.69) is 15.5 Å². The topological polar surface area (TPSA) is 176 Å². The van der Waals surface area contributed by atoms with E-state index in [9.17, 15) is 32.7 Å². The van der Waals surface area contributed by atoms with Gasteiger partial charge in [0, 0.05) is 11.5 Å². The zero-order valence-corrected chi connectivity index (χ0v) is 21.8. The Morgan fingerprint density at radius 3 is 2.39 bits per heavy atom. The summed E-state index contributed by atoms with van der Waals surface area (Å²) in [5.74, 6) is -4.00. The first-order valence-electron chi connectivity index (χ1n) is 10.5. The van der Waals surface area contributed by atoms with Crippen LogP contribution in [0.25, 0.3) is 0 Å². The number of aliphatic carboxylic acids is 2. The van der Waals surface area contributed by atoms with Crippen molar-refractivity contribution in [3.8, 4) is 0 Å². The van der Waals surface area contributed by atoms with Gasteiger partial charge in [0.2, 0.25) is 5.91 Å². The minimum atomic E-state index is -5.08. The molecule has 2 amide bonds. The lowest BCUT2D eigenvalue weighted by molar-refractivity contribution is -0.192. The maximum atomic E-state index is 12.8. The van der Waals surface area contributed by atoms with Gasteiger partial charge in [0.05, 0.1) is 0 Å². The number of fused-ring (bicyclic) bond motifs is 1. The third kappa shape index (κ3) is 6.83. The fraction of sp³-hybridized carbons (Fsp3) is 0.333. The molecule has 0 bridgehead atoms. The predicted octanol–water partition coefficient (Wildman–Crippen LogP) is 2.01. The molecule has 1 aromatic heterocycles. The Balaban J connectivity index is 0.000000505. The molecule has 0 aliphatic carbocycles. The fourth-order valence-corrected chi connectivity index (χ4v) is 6.64. The minimum absolute atomic E-state index is 0.0136. The van der Waals surface area contributed by atoms with Gasteiger partial charge in [-0.25, -0.2) is 9.59 Å². The van der Waals surface area contributed by atoms with Gasteiger partial charge in [0.1, 0.15) is 28.2 Å². The fourth-order valence-electron chi connectivity index (χ4n) is 3.33. The summed E-state index contributed by atoms with van der Waals surface area (Å²) in [5, 5.41) is 27.9. The molecule has 3 heterocycles. The number of amides is 2. The van der Waals surface area contributed by atoms with Crippen LogP contribution in [0.3, 0.4) is 0 Å². The molecule has 0 spiro atoms. The van der Waals surface area contributed by atoms with Gasteiger partial charge in [0.15, 0.2) is 4.34 Å². The van der Waals surface area contributed by atoms with Gasteiger partial charge >= 0.3 is 18.1 Å². The summed E-state index contributed by atoms with van der Waals surface area (Å²) in [7, 11) is 0. The molecule has 5 N–H and O–H groups in total. The number of β-lactam (4-membered cyclic amide) rings is 1. The van der Waals surface area contributed by atoms with Gasteiger partial charge in [-0.15, -0.1) is 22.0 Å². The number of hydrogen-bond donors (Lipinski definition) is 4. The Kier molecular flexibility index (Phi) is 9.40. The number of benzene rings is 1. The van der Waals surface area contributed by atoms with E-state index in [1.165, 1.54) is 39.8 Å². The predicted molar refractivity (Wildman–Crippen MR) is 132 cm³/mol. The molecule has 1 unspecified atom stereocenters. The summed E-state index contributed by atoms with van der Waals surface area (Å²) in [4.78, 5) is 47.4. The minimum Gasteiger partial charge on any atom is -0.477 e. The van der Waals surface area contributed by atoms with Crippen LogP contribution in [0, 0.1) is 6.92 Å². The molecule has 38 heavy (non-hydrogen) atoms. The van der Waals surface area contributed by atoms with Crippen molar-refractivity contribution in [1.82, 2.24) is 20.4 Å². The number of aryl methyl sites for hydroxylation is 1. The maximum absolute atomic E-state index is 12.8. The number of rotatable bonds is 7. The van der Waals surface area contributed by atoms with Gasteiger partial charge in [-0.05, 0) is 18.1 Å². The molecule has 2 aliphatic heterocycles. The normalized spacial score (nSPS) is 19.5. The molecule has 1 aromatic carbocycles. The van der Waals surface area contributed by atoms with Crippen LogP contribution in [-0.2, 0) is 19.2 Å². The Bertz CT molecular complexity index is 1260. The number of carboxylic acid groups (broad SMARTS) is 2. The third-order valence-corrected chi connectivity index (χ3v) is 8.51. The van der Waals surface area contributed by atoms with Crippen molar-refractivity contribution >= 4 is 58.6 Å². The molecule has 17 heteroatoms. The van der Waals surface area contributed by atoms with Gasteiger partial charge < -0.3 is 21.3 Å². The Morgan fingerprint density at radius 2 is 1.87 bits per heavy atom. The van der Waals surface area contributed by atoms with E-state index in [1.807, 2.05) is 13.0 Å². The maximum Gasteiger partial charge on any atom is 0.490 e. The zero-order valence-electron chi connectivity index (χ0n) is 19.3. The number of nitrogens with zero attached hydrogens (tertiary/aromatic N) is 3. The van der Waals surface area contributed by atoms with E-state index in [0.717, 1.165) is 9.35 Å². The molecule has 2 aromatic rings. The number of carboxylic acids is 2. The van der Waals surface area contributed by atoms with Crippen molar-refractivity contribution < 1.29 is 42.6 Å². The van der Waals surface area contributed by atoms with E-state index in [4.69, 9.17) is 15.6 Å². The summed E-state index contributed by atoms with van der Waals surface area (Å²) >= 11 is 4.26. The number of carbonyl (C=O) groups is 4. The summed E-state index contributed by atoms with van der Waals surface area (Å²) in [6.07, 6.45) is -5.08. The lowest BCUT2D eigenvalue weighted by Gasteiger charge is -2.49. The SMILES string of the molecule is Cc1nnc(SCC2=C(C(=O)O)N3C(=O)C(NC(=O)[C@H](N)c4ccccc4)[C@H]3SC2)s1.O=C(O)C(F)(F)F. The number of alkyl halides is 3. The number of nitrogens with two attached hydrogens (primary N) is 1. The summed E-state index contributed by atoms with van der Waals surface area (Å²) in [6, 6.07) is 7.15. The summed E-state index contributed by atoms with van der Waals surface area (Å²) < 4.78 is 32.5. The highest BCUT2D eigenvalue weighted by atomic mass is 32.2. The van der Waals surface area contributed by atoms with Gasteiger partial charge in [0.25, 0.3) is 5.91 Å². The van der Waals surface area contributed by atoms with E-state index >= 15 is 0 Å². The molecule has 1 fully saturated rings. The number of nitrogens with one attached hydrogen (secondary N) is 1. The molecular weight excluding hydrogens is 571 g/mol. The van der Waals surface area contributed by atoms with Crippen molar-refractivity contribution in [3.05, 3.63) is 52.2 Å². The van der Waals surface area contributed by atoms with Crippen LogP contribution in [0.2, 0.25) is 0 Å². The molecular formula is C21H20F3N5O6S3. The zero-order chi connectivity index (χ0) is 28.2. The van der Waals surface area contributed by atoms with Crippen molar-refractivity contribution in [2.75, 3.05) is 11.5 Å². The van der Waals surface area contributed by atoms with Crippen LogP contribution >= 0.6 is 34.9 Å². The van der Waals surface area contributed by atoms with Crippen molar-refractivity contribution in [3.63, 3.8) is 0 Å². The first-order chi connectivity index (χ1) is 17.8. The van der Waals surface area contributed by atoms with E-state index in [0.29, 0.717) is 22.6 Å². The molecule has 0 radical (unpaired) electrons. The molecule has 204 valence electrons. The van der Waals surface area contributed by atoms with Crippen molar-refractivity contribution in [1.29, 1.82) is 0 Å². The molecule has 2 aliphatic rings. The van der Waals surface area contributed by atoms with Crippen LogP contribution in [0.4, 0.5) is 13.2 Å². The van der Waals surface area contributed by atoms with Crippen LogP contribution in [0.15, 0.2) is 45.9 Å². The second-order valence-electron chi connectivity index (χ2n) is 7.72. The first-order valence-corrected chi connectivity index (χ1v) is 13.4. The van der Waals surface area contributed by atoms with Crippen molar-refractivity contribution in [2.45, 2.75) is 34.9 Å². The van der Waals surface area contributed by atoms with Crippen molar-refractivity contribution in [2.24, 2.45) is 5.73 Å². The highest BCUT2D eigenvalue weighted by Gasteiger charge is 2.54. The Morgan fingerprint density at radius 1 is 1.24 bits per heavy atom. The molecule has 0 saturated carbocycles. The molecule has 11 nitrogen and oxygen atoms in total. The molecule has 3 atom stereocenters. The second-order valence-corrected chi connectivity index (χ2v) is 11.2. The highest BCUT2D eigenvalue weighted by molar-refractivity contribution is 8.01. The number of aromatic nitrogens is 2. The van der Waals surface area contributed by atoms with Gasteiger partial charge in [-0.1, -0.05) is 53.4 Å². The highest BCUT2D eigenvalue weighted by Crippen LogP contribution is 2.42. The lowest BCUT2D eigenvalue weighted by Crippen LogP contribution is -2.71. The largest absolute Gasteiger partial charge is 0.490 e. The van der Waals surface area contributed by atoms with Crippen LogP contribution in [0.1, 0.15) is 16.6 Å². The Hall–Kier alpha value is -3.15. The van der Waals surface area contributed by atoms with Gasteiger partial charge in [-0.2, -0.15) is 13.2 Å². The molecule has 1 saturated heterocycles. The van der Waals surface area contributed by atoms with Crippen LogP contribution in [-0.4, -0.2) is 78.2 Å². The average Bonchev–Trinajstić information content (AvgIpc) is 3.29. The lowest BCUT2D eigenvalue weighted by atomic mass is 10.0. The number of halogens is 3. The summed E-state index contributed by atoms with van der Waals surface area (Å²) in [6.45, 7) is 1.85. The smallest absolute Gasteiger partial charge is 0.477 e. The molecule has 4 rings (SSSR count). The third-order valence-electron chi connectivity index (χ3n) is 5.11. The average molecular weight is 592 g/mol. The number of thioether (sulfide) groups is 2. The van der Waals surface area contributed by atoms with Gasteiger partial charge in [-0.3, -0.25) is 14.5 Å². The standard InChI is InChI=1S/C19H19N5O4S3.C2HF3O2/c1-9-22-23-19(31-9)30-8-11-7-29-17-13(16(26)24(17)14(11)18(27)28)21-15(25)12(20)10-5-3-2-4-6-10;3-2(4,5)1(6)7/h2-6,12-13,17H,7-8,20H2,1H3,(H,21,25)(H,27,28);(H,6,7)/t12-,13?,17-;/m1./s1. The van der Waals surface area contributed by atoms with E-state index in [-0.39, 0.29) is 5.70 Å². The van der Waals surface area contributed by atoms with Crippen LogP contribution < -0.4 is 11.1 Å². The Labute approximate surface area is 225 Å². The number of carbonyl (C=O) groups excluding carboxylic acids is 2. The monoisotopic (exact) mass is 591 g/mol. The number of hydrogen-bond acceptors (Lipinski definition) is 10. The van der Waals surface area contributed by atoms with E-state index in [1.54, 1.807) is 24.3 Å². The summed E-state index contributed by atoms with van der Waals surface area (Å²) in [5.41, 5.74) is 7.28. The second kappa shape index (κ2) is 12.1. The van der Waals surface area contributed by atoms with E-state index < -0.39 is 47.4 Å². The quantitative estimate of drug-likeness (QED) is 0.274. The van der Waals surface area contributed by atoms with Crippen LogP contribution in [0.5, 0.6) is 0 Å². The first kappa shape index (κ1) is 29.4.